The number of rotatable bonds is 4. The van der Waals surface area contributed by atoms with Gasteiger partial charge in [-0.2, -0.15) is 0 Å². The number of likely N-dealkylation sites (tertiary alicyclic amines) is 1. The zero-order chi connectivity index (χ0) is 11.2. The van der Waals surface area contributed by atoms with Gasteiger partial charge in [-0.05, 0) is 58.0 Å². The van der Waals surface area contributed by atoms with Crippen molar-refractivity contribution in [2.45, 2.75) is 38.5 Å². The molecule has 1 saturated heterocycles. The Labute approximate surface area is 98.6 Å². The predicted molar refractivity (Wildman–Crippen MR) is 64.9 cm³/mol. The van der Waals surface area contributed by atoms with Crippen LogP contribution in [-0.2, 0) is 4.79 Å². The highest BCUT2D eigenvalue weighted by atomic mass is 16.1. The van der Waals surface area contributed by atoms with Crippen LogP contribution in [0.25, 0.3) is 0 Å². The lowest BCUT2D eigenvalue weighted by Crippen LogP contribution is -2.37. The van der Waals surface area contributed by atoms with Crippen molar-refractivity contribution in [2.24, 2.45) is 5.92 Å². The minimum Gasteiger partial charge on any atom is -0.355 e. The summed E-state index contributed by atoms with van der Waals surface area (Å²) in [6.07, 6.45) is 9.28. The van der Waals surface area contributed by atoms with Crippen LogP contribution in [0.1, 0.15) is 38.5 Å². The van der Waals surface area contributed by atoms with Gasteiger partial charge in [-0.1, -0.05) is 0 Å². The zero-order valence-corrected chi connectivity index (χ0v) is 10.1. The van der Waals surface area contributed by atoms with Crippen LogP contribution in [0.2, 0.25) is 0 Å². The molecule has 1 aliphatic carbocycles. The molecule has 0 unspecified atom stereocenters. The van der Waals surface area contributed by atoms with Crippen LogP contribution in [0.15, 0.2) is 0 Å². The molecule has 1 aliphatic heterocycles. The molecule has 1 saturated carbocycles. The Morgan fingerprint density at radius 2 is 1.94 bits per heavy atom. The van der Waals surface area contributed by atoms with Gasteiger partial charge in [-0.3, -0.25) is 4.79 Å². The molecule has 0 atom stereocenters. The summed E-state index contributed by atoms with van der Waals surface area (Å²) >= 11 is 0. The van der Waals surface area contributed by atoms with Gasteiger partial charge in [-0.15, -0.1) is 0 Å². The van der Waals surface area contributed by atoms with Crippen LogP contribution in [-0.4, -0.2) is 37.0 Å². The molecule has 91 valence electrons. The first-order chi connectivity index (χ1) is 7.86. The standard InChI is InChI=1S/C13H23N2O/c16-13(12-6-2-1-3-7-12)14-8-11-15-9-4-5-10-15/h1,12H,2-11H2,(H,14,16). The maximum absolute atomic E-state index is 11.8. The molecule has 3 heteroatoms. The van der Waals surface area contributed by atoms with E-state index in [1.165, 1.54) is 25.9 Å². The lowest BCUT2D eigenvalue weighted by atomic mass is 9.89. The van der Waals surface area contributed by atoms with E-state index in [0.717, 1.165) is 38.8 Å². The summed E-state index contributed by atoms with van der Waals surface area (Å²) in [5.74, 6) is 0.566. The first kappa shape index (κ1) is 11.9. The zero-order valence-electron chi connectivity index (χ0n) is 10.1. The van der Waals surface area contributed by atoms with Crippen molar-refractivity contribution in [1.82, 2.24) is 10.2 Å². The summed E-state index contributed by atoms with van der Waals surface area (Å²) in [5.41, 5.74) is 0. The summed E-state index contributed by atoms with van der Waals surface area (Å²) in [7, 11) is 0. The van der Waals surface area contributed by atoms with Crippen LogP contribution in [0.3, 0.4) is 0 Å². The van der Waals surface area contributed by atoms with Gasteiger partial charge in [0.25, 0.3) is 0 Å². The Hall–Kier alpha value is -0.570. The average molecular weight is 223 g/mol. The summed E-state index contributed by atoms with van der Waals surface area (Å²) in [4.78, 5) is 14.3. The fourth-order valence-corrected chi connectivity index (χ4v) is 2.68. The van der Waals surface area contributed by atoms with Crippen molar-refractivity contribution < 1.29 is 4.79 Å². The summed E-state index contributed by atoms with van der Waals surface area (Å²) in [5, 5.41) is 3.08. The van der Waals surface area contributed by atoms with E-state index in [1.807, 2.05) is 0 Å². The molecule has 1 N–H and O–H groups in total. The van der Waals surface area contributed by atoms with Crippen molar-refractivity contribution in [1.29, 1.82) is 0 Å². The number of nitrogens with zero attached hydrogens (tertiary/aromatic N) is 1. The molecule has 0 aromatic rings. The van der Waals surface area contributed by atoms with Gasteiger partial charge in [0.1, 0.15) is 0 Å². The van der Waals surface area contributed by atoms with E-state index in [0.29, 0.717) is 0 Å². The predicted octanol–water partition coefficient (Wildman–Crippen LogP) is 1.59. The molecule has 0 aromatic heterocycles. The van der Waals surface area contributed by atoms with Gasteiger partial charge in [0.15, 0.2) is 0 Å². The molecule has 0 aromatic carbocycles. The summed E-state index contributed by atoms with van der Waals surface area (Å²) in [6.45, 7) is 4.30. The van der Waals surface area contributed by atoms with Gasteiger partial charge in [0, 0.05) is 19.0 Å². The number of amides is 1. The first-order valence-electron chi connectivity index (χ1n) is 6.68. The molecule has 2 fully saturated rings. The minimum atomic E-state index is 0.281. The number of hydrogen-bond acceptors (Lipinski definition) is 2. The topological polar surface area (TPSA) is 32.3 Å². The van der Waals surface area contributed by atoms with Crippen LogP contribution >= 0.6 is 0 Å². The molecular formula is C13H23N2O. The second kappa shape index (κ2) is 6.24. The maximum Gasteiger partial charge on any atom is 0.223 e. The van der Waals surface area contributed by atoms with Crippen LogP contribution in [0, 0.1) is 12.3 Å². The van der Waals surface area contributed by atoms with Gasteiger partial charge in [0.2, 0.25) is 5.91 Å². The maximum atomic E-state index is 11.8. The Kier molecular flexibility index (Phi) is 4.64. The molecule has 1 heterocycles. The van der Waals surface area contributed by atoms with Crippen LogP contribution in [0.5, 0.6) is 0 Å². The fourth-order valence-electron chi connectivity index (χ4n) is 2.68. The minimum absolute atomic E-state index is 0.281. The Bertz CT molecular complexity index is 218. The molecule has 1 amide bonds. The normalized spacial score (nSPS) is 23.5. The van der Waals surface area contributed by atoms with Crippen molar-refractivity contribution in [3.63, 3.8) is 0 Å². The number of nitrogens with one attached hydrogen (secondary N) is 1. The quantitative estimate of drug-likeness (QED) is 0.785. The number of hydrogen-bond donors (Lipinski definition) is 1. The van der Waals surface area contributed by atoms with Crippen molar-refractivity contribution in [3.05, 3.63) is 6.42 Å². The third-order valence-corrected chi connectivity index (χ3v) is 3.74. The van der Waals surface area contributed by atoms with Gasteiger partial charge in [-0.25, -0.2) is 0 Å². The number of carbonyl (C=O) groups is 1. The third-order valence-electron chi connectivity index (χ3n) is 3.74. The smallest absolute Gasteiger partial charge is 0.223 e. The van der Waals surface area contributed by atoms with Crippen molar-refractivity contribution >= 4 is 5.91 Å². The molecule has 3 nitrogen and oxygen atoms in total. The molecule has 0 spiro atoms. The molecule has 16 heavy (non-hydrogen) atoms. The second-order valence-electron chi connectivity index (χ2n) is 4.98. The van der Waals surface area contributed by atoms with Crippen molar-refractivity contribution in [2.75, 3.05) is 26.2 Å². The van der Waals surface area contributed by atoms with Gasteiger partial charge >= 0.3 is 0 Å². The van der Waals surface area contributed by atoms with Gasteiger partial charge < -0.3 is 10.2 Å². The monoisotopic (exact) mass is 223 g/mol. The molecule has 0 bridgehead atoms. The molecule has 1 radical (unpaired) electrons. The largest absolute Gasteiger partial charge is 0.355 e. The van der Waals surface area contributed by atoms with E-state index in [4.69, 9.17) is 0 Å². The van der Waals surface area contributed by atoms with E-state index in [9.17, 15) is 4.79 Å². The second-order valence-corrected chi connectivity index (χ2v) is 4.98. The molecule has 2 aliphatic rings. The van der Waals surface area contributed by atoms with E-state index in [1.54, 1.807) is 0 Å². The fraction of sp³-hybridized carbons (Fsp3) is 0.846. The lowest BCUT2D eigenvalue weighted by Gasteiger charge is -2.21. The SMILES string of the molecule is O=C(NCCN1CCCC1)C1CC[CH]CC1. The average Bonchev–Trinajstić information content (AvgIpc) is 2.83. The van der Waals surface area contributed by atoms with E-state index < -0.39 is 0 Å². The summed E-state index contributed by atoms with van der Waals surface area (Å²) < 4.78 is 0. The van der Waals surface area contributed by atoms with E-state index in [2.05, 4.69) is 16.6 Å². The Morgan fingerprint density at radius 1 is 1.25 bits per heavy atom. The van der Waals surface area contributed by atoms with E-state index >= 15 is 0 Å². The Balaban J connectivity index is 1.59. The van der Waals surface area contributed by atoms with Crippen LogP contribution < -0.4 is 5.32 Å². The van der Waals surface area contributed by atoms with Crippen LogP contribution in [0.4, 0.5) is 0 Å². The summed E-state index contributed by atoms with van der Waals surface area (Å²) in [6, 6.07) is 0. The van der Waals surface area contributed by atoms with Crippen molar-refractivity contribution in [3.8, 4) is 0 Å². The first-order valence-corrected chi connectivity index (χ1v) is 6.68. The highest BCUT2D eigenvalue weighted by Gasteiger charge is 2.20. The highest BCUT2D eigenvalue weighted by Crippen LogP contribution is 2.22. The lowest BCUT2D eigenvalue weighted by molar-refractivity contribution is -0.125. The highest BCUT2D eigenvalue weighted by molar-refractivity contribution is 5.78. The number of carbonyl (C=O) groups excluding carboxylic acids is 1. The molecule has 2 rings (SSSR count). The third kappa shape index (κ3) is 3.48. The Morgan fingerprint density at radius 3 is 2.62 bits per heavy atom. The van der Waals surface area contributed by atoms with E-state index in [-0.39, 0.29) is 11.8 Å². The molecular weight excluding hydrogens is 200 g/mol. The van der Waals surface area contributed by atoms with Gasteiger partial charge in [0.05, 0.1) is 0 Å².